The number of rotatable bonds is 5. The van der Waals surface area contributed by atoms with E-state index >= 15 is 0 Å². The first-order chi connectivity index (χ1) is 12.6. The van der Waals surface area contributed by atoms with E-state index in [1.54, 1.807) is 0 Å². The Morgan fingerprint density at radius 2 is 1.92 bits per heavy atom. The van der Waals surface area contributed by atoms with Gasteiger partial charge in [0.15, 0.2) is 0 Å². The van der Waals surface area contributed by atoms with E-state index in [1.807, 2.05) is 11.3 Å². The van der Waals surface area contributed by atoms with Crippen LogP contribution < -0.4 is 5.32 Å². The second kappa shape index (κ2) is 7.95. The number of thiazole rings is 1. The van der Waals surface area contributed by atoms with Crippen LogP contribution in [0.25, 0.3) is 0 Å². The molecule has 3 fully saturated rings. The topological polar surface area (TPSA) is 48.5 Å². The number of aryl methyl sites for hydroxylation is 2. The van der Waals surface area contributed by atoms with Gasteiger partial charge in [0.1, 0.15) is 5.01 Å². The van der Waals surface area contributed by atoms with Crippen molar-refractivity contribution >= 4 is 17.2 Å². The number of nitrogens with one attached hydrogen (secondary N) is 1. The van der Waals surface area contributed by atoms with E-state index in [4.69, 9.17) is 4.98 Å². The van der Waals surface area contributed by atoms with E-state index in [1.165, 1.54) is 54.2 Å². The zero-order valence-corrected chi connectivity index (χ0v) is 17.0. The number of amides is 1. The molecule has 5 nitrogen and oxygen atoms in total. The Balaban J connectivity index is 1.25. The third kappa shape index (κ3) is 4.46. The molecule has 1 aliphatic carbocycles. The van der Waals surface area contributed by atoms with Crippen molar-refractivity contribution in [2.24, 2.45) is 5.92 Å². The molecule has 0 bridgehead atoms. The molecular weight excluding hydrogens is 344 g/mol. The summed E-state index contributed by atoms with van der Waals surface area (Å²) in [7, 11) is 0. The van der Waals surface area contributed by atoms with Crippen LogP contribution in [0.2, 0.25) is 0 Å². The molecule has 0 aromatic carbocycles. The number of aromatic nitrogens is 1. The molecule has 3 aliphatic rings. The summed E-state index contributed by atoms with van der Waals surface area (Å²) in [5.74, 6) is 0.521. The lowest BCUT2D eigenvalue weighted by Gasteiger charge is -2.41. The highest BCUT2D eigenvalue weighted by molar-refractivity contribution is 7.11. The van der Waals surface area contributed by atoms with Crippen LogP contribution in [0.1, 0.15) is 54.1 Å². The number of carbonyl (C=O) groups excluding carboxylic acids is 1. The van der Waals surface area contributed by atoms with Gasteiger partial charge in [-0.25, -0.2) is 4.98 Å². The maximum absolute atomic E-state index is 12.4. The molecule has 144 valence electrons. The number of likely N-dealkylation sites (tertiary alicyclic amines) is 2. The SMILES string of the molecule is Cc1nc(CN2CCC(N3CCC[C@@H](C(=O)NC4CC4)C3)CC2)sc1C. The van der Waals surface area contributed by atoms with Gasteiger partial charge < -0.3 is 5.32 Å². The van der Waals surface area contributed by atoms with Crippen LogP contribution in [0.5, 0.6) is 0 Å². The second-order valence-corrected chi connectivity index (χ2v) is 9.66. The standard InChI is InChI=1S/C20H32N4OS/c1-14-15(2)26-19(21-14)13-23-10-7-18(8-11-23)24-9-3-4-16(12-24)20(25)22-17-5-6-17/h16-18H,3-13H2,1-2H3,(H,22,25)/t16-/m1/s1. The lowest BCUT2D eigenvalue weighted by atomic mass is 9.93. The first-order valence-electron chi connectivity index (χ1n) is 10.3. The van der Waals surface area contributed by atoms with Crippen LogP contribution in [0, 0.1) is 19.8 Å². The van der Waals surface area contributed by atoms with Gasteiger partial charge in [0.05, 0.1) is 18.2 Å². The molecule has 1 aromatic rings. The minimum atomic E-state index is 0.212. The fourth-order valence-electron chi connectivity index (χ4n) is 4.34. The molecular formula is C20H32N4OS. The molecule has 3 heterocycles. The van der Waals surface area contributed by atoms with Crippen LogP contribution in [0.15, 0.2) is 0 Å². The lowest BCUT2D eigenvalue weighted by Crippen LogP contribution is -2.50. The van der Waals surface area contributed by atoms with Crippen molar-refractivity contribution in [3.05, 3.63) is 15.6 Å². The van der Waals surface area contributed by atoms with E-state index in [0.29, 0.717) is 18.0 Å². The third-order valence-corrected chi connectivity index (χ3v) is 7.31. The molecule has 4 rings (SSSR count). The summed E-state index contributed by atoms with van der Waals surface area (Å²) < 4.78 is 0. The summed E-state index contributed by atoms with van der Waals surface area (Å²) in [4.78, 5) is 23.6. The van der Waals surface area contributed by atoms with E-state index in [2.05, 4.69) is 29.0 Å². The van der Waals surface area contributed by atoms with E-state index < -0.39 is 0 Å². The molecule has 0 radical (unpaired) electrons. The Bertz CT molecular complexity index is 614. The van der Waals surface area contributed by atoms with Crippen molar-refractivity contribution < 1.29 is 4.79 Å². The number of carbonyl (C=O) groups is 1. The summed E-state index contributed by atoms with van der Waals surface area (Å²) in [6.45, 7) is 9.70. The monoisotopic (exact) mass is 376 g/mol. The molecule has 1 N–H and O–H groups in total. The summed E-state index contributed by atoms with van der Waals surface area (Å²) in [5, 5.41) is 4.47. The van der Waals surface area contributed by atoms with Gasteiger partial charge in [-0.1, -0.05) is 0 Å². The average Bonchev–Trinajstić information content (AvgIpc) is 3.40. The van der Waals surface area contributed by atoms with Gasteiger partial charge in [0, 0.05) is 36.6 Å². The molecule has 2 aliphatic heterocycles. The largest absolute Gasteiger partial charge is 0.353 e. The molecule has 1 amide bonds. The fourth-order valence-corrected chi connectivity index (χ4v) is 5.32. The van der Waals surface area contributed by atoms with E-state index in [0.717, 1.165) is 32.6 Å². The highest BCUT2D eigenvalue weighted by atomic mass is 32.1. The smallest absolute Gasteiger partial charge is 0.224 e. The predicted molar refractivity (Wildman–Crippen MR) is 105 cm³/mol. The first kappa shape index (κ1) is 18.4. The Morgan fingerprint density at radius 1 is 1.15 bits per heavy atom. The third-order valence-electron chi connectivity index (χ3n) is 6.25. The van der Waals surface area contributed by atoms with Crippen molar-refractivity contribution in [2.45, 2.75) is 71.0 Å². The number of hydrogen-bond acceptors (Lipinski definition) is 5. The maximum atomic E-state index is 12.4. The number of hydrogen-bond donors (Lipinski definition) is 1. The van der Waals surface area contributed by atoms with E-state index in [9.17, 15) is 4.79 Å². The molecule has 2 saturated heterocycles. The minimum Gasteiger partial charge on any atom is -0.353 e. The maximum Gasteiger partial charge on any atom is 0.224 e. The van der Waals surface area contributed by atoms with Crippen LogP contribution >= 0.6 is 11.3 Å². The normalized spacial score (nSPS) is 26.2. The first-order valence-corrected chi connectivity index (χ1v) is 11.1. The van der Waals surface area contributed by atoms with Crippen molar-refractivity contribution in [3.8, 4) is 0 Å². The number of nitrogens with zero attached hydrogens (tertiary/aromatic N) is 3. The minimum absolute atomic E-state index is 0.212. The van der Waals surface area contributed by atoms with Gasteiger partial charge in [0.2, 0.25) is 5.91 Å². The van der Waals surface area contributed by atoms with Gasteiger partial charge in [-0.3, -0.25) is 14.6 Å². The van der Waals surface area contributed by atoms with Crippen molar-refractivity contribution in [1.29, 1.82) is 0 Å². The molecule has 1 atom stereocenters. The van der Waals surface area contributed by atoms with Crippen LogP contribution in [-0.2, 0) is 11.3 Å². The summed E-state index contributed by atoms with van der Waals surface area (Å²) in [5.41, 5.74) is 1.18. The molecule has 1 aromatic heterocycles. The molecule has 26 heavy (non-hydrogen) atoms. The second-order valence-electron chi connectivity index (χ2n) is 8.37. The zero-order valence-electron chi connectivity index (χ0n) is 16.2. The van der Waals surface area contributed by atoms with Gasteiger partial charge in [-0.15, -0.1) is 11.3 Å². The summed E-state index contributed by atoms with van der Waals surface area (Å²) >= 11 is 1.84. The molecule has 0 unspecified atom stereocenters. The van der Waals surface area contributed by atoms with Gasteiger partial charge >= 0.3 is 0 Å². The van der Waals surface area contributed by atoms with Crippen LogP contribution in [0.4, 0.5) is 0 Å². The fraction of sp³-hybridized carbons (Fsp3) is 0.800. The van der Waals surface area contributed by atoms with Gasteiger partial charge in [-0.2, -0.15) is 0 Å². The Labute approximate surface area is 161 Å². The quantitative estimate of drug-likeness (QED) is 0.858. The molecule has 0 spiro atoms. The van der Waals surface area contributed by atoms with Crippen LogP contribution in [0.3, 0.4) is 0 Å². The van der Waals surface area contributed by atoms with Crippen LogP contribution in [-0.4, -0.2) is 59.0 Å². The Morgan fingerprint density at radius 3 is 2.58 bits per heavy atom. The molecule has 6 heteroatoms. The average molecular weight is 377 g/mol. The zero-order chi connectivity index (χ0) is 18.1. The highest BCUT2D eigenvalue weighted by Crippen LogP contribution is 2.27. The Kier molecular flexibility index (Phi) is 5.62. The van der Waals surface area contributed by atoms with Gasteiger partial charge in [-0.05, 0) is 58.9 Å². The van der Waals surface area contributed by atoms with Gasteiger partial charge in [0.25, 0.3) is 0 Å². The van der Waals surface area contributed by atoms with Crippen molar-refractivity contribution in [3.63, 3.8) is 0 Å². The summed E-state index contributed by atoms with van der Waals surface area (Å²) in [6, 6.07) is 1.14. The highest BCUT2D eigenvalue weighted by Gasteiger charge is 2.33. The molecule has 1 saturated carbocycles. The van der Waals surface area contributed by atoms with Crippen molar-refractivity contribution in [1.82, 2.24) is 20.1 Å². The van der Waals surface area contributed by atoms with Crippen molar-refractivity contribution in [2.75, 3.05) is 26.2 Å². The van der Waals surface area contributed by atoms with E-state index in [-0.39, 0.29) is 5.92 Å². The lowest BCUT2D eigenvalue weighted by molar-refractivity contribution is -0.127. The Hall–Kier alpha value is -0.980. The predicted octanol–water partition coefficient (Wildman–Crippen LogP) is 2.71. The summed E-state index contributed by atoms with van der Waals surface area (Å²) in [6.07, 6.45) is 7.04. The number of piperidine rings is 2.